The highest BCUT2D eigenvalue weighted by atomic mass is 16.5. The van der Waals surface area contributed by atoms with Crippen molar-refractivity contribution in [1.82, 2.24) is 19.4 Å². The summed E-state index contributed by atoms with van der Waals surface area (Å²) in [7, 11) is 3.78. The van der Waals surface area contributed by atoms with Crippen molar-refractivity contribution in [1.29, 1.82) is 0 Å². The molecule has 0 saturated carbocycles. The summed E-state index contributed by atoms with van der Waals surface area (Å²) in [4.78, 5) is 40.6. The third-order valence-corrected chi connectivity index (χ3v) is 8.38. The summed E-state index contributed by atoms with van der Waals surface area (Å²) < 4.78 is 7.35. The molecule has 234 valence electrons. The van der Waals surface area contributed by atoms with Gasteiger partial charge in [-0.25, -0.2) is 4.98 Å². The van der Waals surface area contributed by atoms with Gasteiger partial charge in [-0.3, -0.25) is 14.2 Å². The first-order chi connectivity index (χ1) is 22.3. The molecule has 1 aliphatic heterocycles. The fraction of sp³-hybridized carbons (Fsp3) is 0.222. The lowest BCUT2D eigenvalue weighted by atomic mass is 10.00. The Labute approximate surface area is 268 Å². The fourth-order valence-corrected chi connectivity index (χ4v) is 5.75. The highest BCUT2D eigenvalue weighted by molar-refractivity contribution is 5.99. The van der Waals surface area contributed by atoms with Gasteiger partial charge in [-0.2, -0.15) is 4.98 Å². The number of fused-ring (bicyclic) bond motifs is 1. The van der Waals surface area contributed by atoms with E-state index in [4.69, 9.17) is 9.72 Å². The lowest BCUT2D eigenvalue weighted by molar-refractivity contribution is -0.111. The molecule has 6 rings (SSSR count). The lowest BCUT2D eigenvalue weighted by Gasteiger charge is -2.34. The first-order valence-electron chi connectivity index (χ1n) is 15.2. The van der Waals surface area contributed by atoms with Gasteiger partial charge in [0.05, 0.1) is 18.5 Å². The zero-order valence-electron chi connectivity index (χ0n) is 26.3. The van der Waals surface area contributed by atoms with E-state index in [0.717, 1.165) is 48.4 Å². The third-order valence-electron chi connectivity index (χ3n) is 8.38. The van der Waals surface area contributed by atoms with E-state index in [1.165, 1.54) is 6.08 Å². The van der Waals surface area contributed by atoms with E-state index in [9.17, 15) is 9.59 Å². The van der Waals surface area contributed by atoms with E-state index in [2.05, 4.69) is 45.1 Å². The molecule has 46 heavy (non-hydrogen) atoms. The Morgan fingerprint density at radius 1 is 1.00 bits per heavy atom. The standard InChI is InChI=1S/C36H37N7O3/c1-5-33(44)38-26-12-9-13-28(21-26)43-34-30(24(2)29(35(43)45)20-25-10-7-6-8-11-25)23-37-36(40-34)39-31-15-14-27(22-32(31)46-4)42-18-16-41(3)17-19-42/h5-15,21-23H,1,16-20H2,2-4H3,(H,38,44)(H,37,39,40). The Bertz CT molecular complexity index is 1960. The number of nitrogens with zero attached hydrogens (tertiary/aromatic N) is 5. The van der Waals surface area contributed by atoms with Crippen molar-refractivity contribution in [3.63, 3.8) is 0 Å². The Balaban J connectivity index is 1.44. The molecule has 0 unspecified atom stereocenters. The molecule has 0 bridgehead atoms. The SMILES string of the molecule is C=CC(=O)Nc1cccc(-n2c(=O)c(Cc3ccccc3)c(C)c3cnc(Nc4ccc(N5CCN(C)CC5)cc4OC)nc32)c1. The van der Waals surface area contributed by atoms with Crippen molar-refractivity contribution in [2.75, 3.05) is 55.9 Å². The minimum Gasteiger partial charge on any atom is -0.494 e. The highest BCUT2D eigenvalue weighted by Crippen LogP contribution is 2.32. The zero-order valence-corrected chi connectivity index (χ0v) is 26.3. The van der Waals surface area contributed by atoms with Crippen LogP contribution in [0.5, 0.6) is 5.75 Å². The van der Waals surface area contributed by atoms with Gasteiger partial charge in [-0.1, -0.05) is 43.0 Å². The summed E-state index contributed by atoms with van der Waals surface area (Å²) in [6, 6.07) is 23.1. The van der Waals surface area contributed by atoms with Crippen molar-refractivity contribution in [2.24, 2.45) is 0 Å². The first-order valence-corrected chi connectivity index (χ1v) is 15.2. The van der Waals surface area contributed by atoms with E-state index in [1.54, 1.807) is 36.1 Å². The normalized spacial score (nSPS) is 13.4. The van der Waals surface area contributed by atoms with Gasteiger partial charge < -0.3 is 25.2 Å². The van der Waals surface area contributed by atoms with Crippen LogP contribution in [0.15, 0.2) is 96.4 Å². The number of rotatable bonds is 9. The quantitative estimate of drug-likeness (QED) is 0.215. The molecule has 0 spiro atoms. The highest BCUT2D eigenvalue weighted by Gasteiger charge is 2.20. The third kappa shape index (κ3) is 6.33. The molecular formula is C36H37N7O3. The van der Waals surface area contributed by atoms with E-state index < -0.39 is 0 Å². The summed E-state index contributed by atoms with van der Waals surface area (Å²) in [5.74, 6) is 0.639. The number of likely N-dealkylation sites (N-methyl/N-ethyl adjacent to an activating group) is 1. The molecule has 10 heteroatoms. The smallest absolute Gasteiger partial charge is 0.260 e. The maximum absolute atomic E-state index is 14.3. The van der Waals surface area contributed by atoms with Crippen molar-refractivity contribution >= 4 is 40.0 Å². The van der Waals surface area contributed by atoms with Crippen LogP contribution in [0.1, 0.15) is 16.7 Å². The molecule has 2 aromatic heterocycles. The molecule has 1 amide bonds. The molecular weight excluding hydrogens is 578 g/mol. The topological polar surface area (TPSA) is 105 Å². The summed E-state index contributed by atoms with van der Waals surface area (Å²) in [5.41, 5.74) is 5.62. The van der Waals surface area contributed by atoms with Crippen LogP contribution in [0.3, 0.4) is 0 Å². The molecule has 0 aliphatic carbocycles. The Morgan fingerprint density at radius 3 is 2.52 bits per heavy atom. The summed E-state index contributed by atoms with van der Waals surface area (Å²) in [6.07, 6.45) is 3.40. The largest absolute Gasteiger partial charge is 0.494 e. The number of piperazine rings is 1. The van der Waals surface area contributed by atoms with Crippen molar-refractivity contribution in [3.05, 3.63) is 119 Å². The number of aryl methyl sites for hydroxylation is 1. The molecule has 1 saturated heterocycles. The molecule has 1 aliphatic rings. The first kappa shape index (κ1) is 30.5. The monoisotopic (exact) mass is 615 g/mol. The summed E-state index contributed by atoms with van der Waals surface area (Å²) in [5, 5.41) is 6.84. The molecule has 2 N–H and O–H groups in total. The Kier molecular flexibility index (Phi) is 8.80. The number of hydrogen-bond acceptors (Lipinski definition) is 8. The van der Waals surface area contributed by atoms with Crippen molar-refractivity contribution in [2.45, 2.75) is 13.3 Å². The number of carbonyl (C=O) groups excluding carboxylic acids is 1. The molecule has 3 aromatic carbocycles. The maximum Gasteiger partial charge on any atom is 0.260 e. The number of aromatic nitrogens is 3. The Hall–Kier alpha value is -5.48. The van der Waals surface area contributed by atoms with Gasteiger partial charge in [-0.15, -0.1) is 0 Å². The molecule has 0 atom stereocenters. The fourth-order valence-electron chi connectivity index (χ4n) is 5.75. The van der Waals surface area contributed by atoms with Crippen LogP contribution in [0.4, 0.5) is 23.0 Å². The number of hydrogen-bond donors (Lipinski definition) is 2. The molecule has 1 fully saturated rings. The van der Waals surface area contributed by atoms with Crippen LogP contribution in [0, 0.1) is 6.92 Å². The van der Waals surface area contributed by atoms with Gasteiger partial charge in [0, 0.05) is 67.2 Å². The van der Waals surface area contributed by atoms with E-state index in [-0.39, 0.29) is 11.5 Å². The van der Waals surface area contributed by atoms with E-state index in [0.29, 0.717) is 46.4 Å². The lowest BCUT2D eigenvalue weighted by Crippen LogP contribution is -2.44. The number of carbonyl (C=O) groups is 1. The number of ether oxygens (including phenoxy) is 1. The van der Waals surface area contributed by atoms with Gasteiger partial charge in [-0.05, 0) is 61.5 Å². The van der Waals surface area contributed by atoms with E-state index in [1.807, 2.05) is 55.5 Å². The van der Waals surface area contributed by atoms with Gasteiger partial charge in [0.15, 0.2) is 5.65 Å². The van der Waals surface area contributed by atoms with Crippen LogP contribution >= 0.6 is 0 Å². The van der Waals surface area contributed by atoms with Crippen LogP contribution in [0.2, 0.25) is 0 Å². The van der Waals surface area contributed by atoms with Crippen molar-refractivity contribution < 1.29 is 9.53 Å². The second kappa shape index (κ2) is 13.3. The van der Waals surface area contributed by atoms with Gasteiger partial charge in [0.25, 0.3) is 5.56 Å². The van der Waals surface area contributed by atoms with E-state index >= 15 is 0 Å². The average molecular weight is 616 g/mol. The van der Waals surface area contributed by atoms with Crippen LogP contribution in [0.25, 0.3) is 16.7 Å². The number of benzene rings is 3. The minimum absolute atomic E-state index is 0.195. The average Bonchev–Trinajstić information content (AvgIpc) is 3.08. The number of pyridine rings is 1. The van der Waals surface area contributed by atoms with Crippen LogP contribution < -0.4 is 25.8 Å². The van der Waals surface area contributed by atoms with Crippen LogP contribution in [-0.2, 0) is 11.2 Å². The van der Waals surface area contributed by atoms with Crippen molar-refractivity contribution in [3.8, 4) is 11.4 Å². The second-order valence-electron chi connectivity index (χ2n) is 11.4. The second-order valence-corrected chi connectivity index (χ2v) is 11.4. The van der Waals surface area contributed by atoms with Crippen LogP contribution in [-0.4, -0.2) is 65.7 Å². The number of amides is 1. The Morgan fingerprint density at radius 2 is 1.78 bits per heavy atom. The molecule has 10 nitrogen and oxygen atoms in total. The molecule has 5 aromatic rings. The predicted molar refractivity (Wildman–Crippen MR) is 184 cm³/mol. The number of nitrogens with one attached hydrogen (secondary N) is 2. The predicted octanol–water partition coefficient (Wildman–Crippen LogP) is 5.31. The van der Waals surface area contributed by atoms with Gasteiger partial charge >= 0.3 is 0 Å². The maximum atomic E-state index is 14.3. The minimum atomic E-state index is -0.343. The van der Waals surface area contributed by atoms with Gasteiger partial charge in [0.2, 0.25) is 11.9 Å². The number of methoxy groups -OCH3 is 1. The summed E-state index contributed by atoms with van der Waals surface area (Å²) >= 11 is 0. The molecule has 3 heterocycles. The van der Waals surface area contributed by atoms with Gasteiger partial charge in [0.1, 0.15) is 5.75 Å². The molecule has 0 radical (unpaired) electrons. The number of anilines is 4. The zero-order chi connectivity index (χ0) is 32.2. The summed E-state index contributed by atoms with van der Waals surface area (Å²) in [6.45, 7) is 9.37.